The van der Waals surface area contributed by atoms with Gasteiger partial charge >= 0.3 is 12.3 Å². The van der Waals surface area contributed by atoms with Crippen LogP contribution in [0.5, 0.6) is 5.75 Å². The van der Waals surface area contributed by atoms with Crippen LogP contribution in [0.2, 0.25) is 0 Å². The number of halogens is 3. The highest BCUT2D eigenvalue weighted by Gasteiger charge is 2.34. The largest absolute Gasteiger partial charge is 0.573 e. The Morgan fingerprint density at radius 3 is 2.60 bits per heavy atom. The van der Waals surface area contributed by atoms with Crippen LogP contribution in [0.4, 0.5) is 13.2 Å². The zero-order chi connectivity index (χ0) is 15.3. The van der Waals surface area contributed by atoms with Gasteiger partial charge in [0.05, 0.1) is 18.7 Å². The van der Waals surface area contributed by atoms with Crippen molar-refractivity contribution in [3.05, 3.63) is 23.0 Å². The van der Waals surface area contributed by atoms with Gasteiger partial charge in [-0.1, -0.05) is 0 Å². The first-order valence-corrected chi connectivity index (χ1v) is 5.87. The zero-order valence-electron chi connectivity index (χ0n) is 11.1. The molecule has 20 heavy (non-hydrogen) atoms. The summed E-state index contributed by atoms with van der Waals surface area (Å²) in [5, 5.41) is 0. The highest BCUT2D eigenvalue weighted by atomic mass is 19.4. The third kappa shape index (κ3) is 4.37. The van der Waals surface area contributed by atoms with E-state index in [1.165, 1.54) is 13.1 Å². The molecule has 0 unspecified atom stereocenters. The molecule has 2 N–H and O–H groups in total. The third-order valence-corrected chi connectivity index (χ3v) is 2.43. The van der Waals surface area contributed by atoms with Gasteiger partial charge < -0.3 is 15.2 Å². The predicted octanol–water partition coefficient (Wildman–Crippen LogP) is 1.85. The van der Waals surface area contributed by atoms with Gasteiger partial charge in [-0.15, -0.1) is 13.2 Å². The first-order valence-electron chi connectivity index (χ1n) is 5.87. The number of carbonyl (C=O) groups excluding carboxylic acids is 1. The van der Waals surface area contributed by atoms with Gasteiger partial charge in [-0.05, 0) is 13.8 Å². The first kappa shape index (κ1) is 16.2. The van der Waals surface area contributed by atoms with Crippen LogP contribution in [0.15, 0.2) is 6.20 Å². The lowest BCUT2D eigenvalue weighted by Gasteiger charge is -2.17. The Bertz CT molecular complexity index is 490. The van der Waals surface area contributed by atoms with Crippen molar-refractivity contribution in [3.63, 3.8) is 0 Å². The van der Waals surface area contributed by atoms with E-state index in [-0.39, 0.29) is 36.4 Å². The number of aromatic nitrogens is 1. The second-order valence-electron chi connectivity index (χ2n) is 3.93. The molecular weight excluding hydrogens is 277 g/mol. The molecule has 112 valence electrons. The molecule has 0 aromatic carbocycles. The molecule has 0 aliphatic heterocycles. The van der Waals surface area contributed by atoms with Crippen LogP contribution in [-0.2, 0) is 22.5 Å². The average Bonchev–Trinajstić information content (AvgIpc) is 2.33. The molecule has 0 saturated heterocycles. The topological polar surface area (TPSA) is 74.4 Å². The van der Waals surface area contributed by atoms with Crippen LogP contribution in [0.25, 0.3) is 0 Å². The van der Waals surface area contributed by atoms with Gasteiger partial charge in [-0.2, -0.15) is 0 Å². The molecular formula is C12H15F3N2O3. The number of ether oxygens (including phenoxy) is 2. The minimum Gasteiger partial charge on any atom is -0.466 e. The Labute approximate surface area is 113 Å². The van der Waals surface area contributed by atoms with Crippen molar-refractivity contribution in [1.82, 2.24) is 4.98 Å². The number of nitrogens with two attached hydrogens (primary N) is 1. The summed E-state index contributed by atoms with van der Waals surface area (Å²) in [6, 6.07) is 0. The summed E-state index contributed by atoms with van der Waals surface area (Å²) in [5.74, 6) is -1.11. The Kier molecular flexibility index (Phi) is 5.32. The number of alkyl halides is 3. The SMILES string of the molecule is CCOC(=O)Cc1c(CN)ncc(C)c1OC(F)(F)F. The predicted molar refractivity (Wildman–Crippen MR) is 63.9 cm³/mol. The van der Waals surface area contributed by atoms with Crippen LogP contribution >= 0.6 is 0 Å². The fraction of sp³-hybridized carbons (Fsp3) is 0.500. The van der Waals surface area contributed by atoms with Crippen LogP contribution in [0.3, 0.4) is 0 Å². The monoisotopic (exact) mass is 292 g/mol. The second-order valence-corrected chi connectivity index (χ2v) is 3.93. The lowest BCUT2D eigenvalue weighted by molar-refractivity contribution is -0.275. The number of carbonyl (C=O) groups is 1. The number of hydrogen-bond donors (Lipinski definition) is 1. The van der Waals surface area contributed by atoms with E-state index in [0.717, 1.165) is 0 Å². The maximum absolute atomic E-state index is 12.4. The van der Waals surface area contributed by atoms with Crippen LogP contribution in [-0.4, -0.2) is 23.9 Å². The fourth-order valence-corrected chi connectivity index (χ4v) is 1.65. The van der Waals surface area contributed by atoms with Crippen molar-refractivity contribution in [1.29, 1.82) is 0 Å². The van der Waals surface area contributed by atoms with E-state index in [4.69, 9.17) is 10.5 Å². The number of hydrogen-bond acceptors (Lipinski definition) is 5. The zero-order valence-corrected chi connectivity index (χ0v) is 11.1. The van der Waals surface area contributed by atoms with E-state index in [1.807, 2.05) is 0 Å². The minimum atomic E-state index is -4.86. The first-order chi connectivity index (χ1) is 9.28. The summed E-state index contributed by atoms with van der Waals surface area (Å²) >= 11 is 0. The van der Waals surface area contributed by atoms with Crippen LogP contribution < -0.4 is 10.5 Å². The molecule has 1 aromatic heterocycles. The third-order valence-electron chi connectivity index (χ3n) is 2.43. The highest BCUT2D eigenvalue weighted by molar-refractivity contribution is 5.74. The van der Waals surface area contributed by atoms with Gasteiger partial charge in [-0.3, -0.25) is 9.78 Å². The molecule has 0 radical (unpaired) electrons. The number of aryl methyl sites for hydroxylation is 1. The Morgan fingerprint density at radius 1 is 1.45 bits per heavy atom. The Balaban J connectivity index is 3.21. The van der Waals surface area contributed by atoms with Crippen molar-refractivity contribution >= 4 is 5.97 Å². The van der Waals surface area contributed by atoms with Crippen molar-refractivity contribution < 1.29 is 27.4 Å². The molecule has 0 atom stereocenters. The molecule has 1 aromatic rings. The number of nitrogens with zero attached hydrogens (tertiary/aromatic N) is 1. The Morgan fingerprint density at radius 2 is 2.10 bits per heavy atom. The molecule has 0 fully saturated rings. The van der Waals surface area contributed by atoms with E-state index in [1.54, 1.807) is 6.92 Å². The quantitative estimate of drug-likeness (QED) is 0.838. The van der Waals surface area contributed by atoms with E-state index < -0.39 is 18.1 Å². The highest BCUT2D eigenvalue weighted by Crippen LogP contribution is 2.31. The van der Waals surface area contributed by atoms with Gasteiger partial charge in [-0.25, -0.2) is 0 Å². The molecule has 0 amide bonds. The molecule has 1 rings (SSSR count). The molecule has 0 saturated carbocycles. The molecule has 5 nitrogen and oxygen atoms in total. The van der Waals surface area contributed by atoms with Crippen molar-refractivity contribution in [3.8, 4) is 5.75 Å². The average molecular weight is 292 g/mol. The van der Waals surface area contributed by atoms with Crippen molar-refractivity contribution in [2.24, 2.45) is 5.73 Å². The standard InChI is InChI=1S/C12H15F3N2O3/c1-3-19-10(18)4-8-9(5-16)17-6-7(2)11(8)20-12(13,14)15/h6H,3-5,16H2,1-2H3. The summed E-state index contributed by atoms with van der Waals surface area (Å²) in [6.45, 7) is 3.03. The van der Waals surface area contributed by atoms with Crippen molar-refractivity contribution in [2.45, 2.75) is 33.2 Å². The number of rotatable bonds is 5. The minimum absolute atomic E-state index is 0.00303. The fourth-order valence-electron chi connectivity index (χ4n) is 1.65. The molecule has 0 bridgehead atoms. The maximum Gasteiger partial charge on any atom is 0.573 e. The normalized spacial score (nSPS) is 11.3. The number of esters is 1. The van der Waals surface area contributed by atoms with Crippen molar-refractivity contribution in [2.75, 3.05) is 6.61 Å². The summed E-state index contributed by atoms with van der Waals surface area (Å²) in [6.07, 6.45) is -4.01. The van der Waals surface area contributed by atoms with Gasteiger partial charge in [0.15, 0.2) is 0 Å². The van der Waals surface area contributed by atoms with Gasteiger partial charge in [0.25, 0.3) is 0 Å². The van der Waals surface area contributed by atoms with Gasteiger partial charge in [0, 0.05) is 23.9 Å². The van der Waals surface area contributed by atoms with Crippen LogP contribution in [0, 0.1) is 6.92 Å². The van der Waals surface area contributed by atoms with Crippen LogP contribution in [0.1, 0.15) is 23.7 Å². The number of pyridine rings is 1. The van der Waals surface area contributed by atoms with E-state index in [2.05, 4.69) is 9.72 Å². The summed E-state index contributed by atoms with van der Waals surface area (Å²) in [5.41, 5.74) is 5.77. The molecule has 0 aliphatic rings. The molecule has 0 spiro atoms. The smallest absolute Gasteiger partial charge is 0.466 e. The lowest BCUT2D eigenvalue weighted by Crippen LogP contribution is -2.21. The van der Waals surface area contributed by atoms with E-state index in [0.29, 0.717) is 0 Å². The Hall–Kier alpha value is -1.83. The summed E-state index contributed by atoms with van der Waals surface area (Å²) in [7, 11) is 0. The van der Waals surface area contributed by atoms with Gasteiger partial charge in [0.1, 0.15) is 5.75 Å². The molecule has 1 heterocycles. The lowest BCUT2D eigenvalue weighted by atomic mass is 10.1. The van der Waals surface area contributed by atoms with E-state index in [9.17, 15) is 18.0 Å². The summed E-state index contributed by atoms with van der Waals surface area (Å²) in [4.78, 5) is 15.4. The second kappa shape index (κ2) is 6.56. The summed E-state index contributed by atoms with van der Waals surface area (Å²) < 4.78 is 46.0. The van der Waals surface area contributed by atoms with E-state index >= 15 is 0 Å². The van der Waals surface area contributed by atoms with Gasteiger partial charge in [0.2, 0.25) is 0 Å². The molecule has 0 aliphatic carbocycles. The molecule has 8 heteroatoms. The maximum atomic E-state index is 12.4.